The molecule has 158 valence electrons. The second-order valence-corrected chi connectivity index (χ2v) is 10.7. The number of aryl methyl sites for hydroxylation is 2. The number of rotatable bonds is 5. The molecule has 2 aromatic heterocycles. The highest BCUT2D eigenvalue weighted by atomic mass is 32.2. The number of hydrogen-bond donors (Lipinski definition) is 0. The molecule has 1 aliphatic carbocycles. The number of piperidine rings is 1. The largest absolute Gasteiger partial charge is 0.312 e. The van der Waals surface area contributed by atoms with Gasteiger partial charge in [0.1, 0.15) is 11.3 Å². The molecule has 1 unspecified atom stereocenters. The molecule has 1 saturated heterocycles. The Balaban J connectivity index is 1.42. The predicted octanol–water partition coefficient (Wildman–Crippen LogP) is 4.03. The van der Waals surface area contributed by atoms with Gasteiger partial charge in [-0.25, -0.2) is 18.4 Å². The van der Waals surface area contributed by atoms with Crippen LogP contribution < -0.4 is 0 Å². The predicted molar refractivity (Wildman–Crippen MR) is 117 cm³/mol. The number of hydrogen-bond acceptors (Lipinski definition) is 4. The maximum absolute atomic E-state index is 13.4. The molecule has 0 radical (unpaired) electrons. The van der Waals surface area contributed by atoms with E-state index in [0.29, 0.717) is 23.9 Å². The first-order valence-corrected chi connectivity index (χ1v) is 12.3. The summed E-state index contributed by atoms with van der Waals surface area (Å²) in [4.78, 5) is 9.87. The van der Waals surface area contributed by atoms with Gasteiger partial charge in [-0.15, -0.1) is 0 Å². The van der Waals surface area contributed by atoms with Crippen molar-refractivity contribution < 1.29 is 8.42 Å². The third-order valence-electron chi connectivity index (χ3n) is 6.36. The normalized spacial score (nSPS) is 20.7. The van der Waals surface area contributed by atoms with Gasteiger partial charge in [0.05, 0.1) is 4.90 Å². The van der Waals surface area contributed by atoms with E-state index in [-0.39, 0.29) is 5.92 Å². The van der Waals surface area contributed by atoms with Crippen LogP contribution >= 0.6 is 0 Å². The summed E-state index contributed by atoms with van der Waals surface area (Å²) < 4.78 is 30.7. The lowest BCUT2D eigenvalue weighted by Gasteiger charge is -2.32. The maximum atomic E-state index is 13.4. The van der Waals surface area contributed by atoms with Gasteiger partial charge in [-0.2, -0.15) is 4.31 Å². The summed E-state index contributed by atoms with van der Waals surface area (Å²) in [5.74, 6) is 1.91. The number of benzene rings is 1. The van der Waals surface area contributed by atoms with E-state index in [1.165, 1.54) is 12.8 Å². The molecule has 0 N–H and O–H groups in total. The standard InChI is InChI=1S/C23H28N4O2S/c1-16-7-8-17(2)21(13-16)30(28,29)26-12-4-5-18(14-26)15-27-22(19-9-10-19)25-20-6-3-11-24-23(20)27/h3,6-8,11,13,18-19H,4-5,9-10,12,14-15H2,1-2H3. The first-order chi connectivity index (χ1) is 14.4. The zero-order valence-electron chi connectivity index (χ0n) is 17.6. The molecule has 1 aromatic carbocycles. The summed E-state index contributed by atoms with van der Waals surface area (Å²) in [6.45, 7) is 5.72. The summed E-state index contributed by atoms with van der Waals surface area (Å²) in [6, 6.07) is 9.60. The molecular weight excluding hydrogens is 396 g/mol. The highest BCUT2D eigenvalue weighted by Crippen LogP contribution is 2.41. The number of fused-ring (bicyclic) bond motifs is 1. The van der Waals surface area contributed by atoms with E-state index in [1.54, 1.807) is 10.4 Å². The van der Waals surface area contributed by atoms with Crippen LogP contribution in [0.3, 0.4) is 0 Å². The zero-order chi connectivity index (χ0) is 20.9. The summed E-state index contributed by atoms with van der Waals surface area (Å²) >= 11 is 0. The van der Waals surface area contributed by atoms with Gasteiger partial charge in [0, 0.05) is 31.7 Å². The molecule has 1 aliphatic heterocycles. The summed E-state index contributed by atoms with van der Waals surface area (Å²) in [5.41, 5.74) is 3.64. The summed E-state index contributed by atoms with van der Waals surface area (Å²) in [6.07, 6.45) is 6.08. The lowest BCUT2D eigenvalue weighted by Crippen LogP contribution is -2.41. The van der Waals surface area contributed by atoms with Crippen LogP contribution in [-0.2, 0) is 16.6 Å². The summed E-state index contributed by atoms with van der Waals surface area (Å²) in [5, 5.41) is 0. The van der Waals surface area contributed by atoms with Gasteiger partial charge in [0.2, 0.25) is 10.0 Å². The fourth-order valence-corrected chi connectivity index (χ4v) is 6.45. The Labute approximate surface area is 178 Å². The van der Waals surface area contributed by atoms with Gasteiger partial charge in [-0.05, 0) is 74.8 Å². The van der Waals surface area contributed by atoms with E-state index in [2.05, 4.69) is 9.55 Å². The number of sulfonamides is 1. The smallest absolute Gasteiger partial charge is 0.243 e. The number of pyridine rings is 1. The van der Waals surface area contributed by atoms with Crippen LogP contribution in [0.1, 0.15) is 48.6 Å². The molecule has 0 spiro atoms. The van der Waals surface area contributed by atoms with Crippen molar-refractivity contribution in [2.24, 2.45) is 5.92 Å². The van der Waals surface area contributed by atoms with Crippen molar-refractivity contribution in [2.75, 3.05) is 13.1 Å². The Morgan fingerprint density at radius 2 is 1.97 bits per heavy atom. The van der Waals surface area contributed by atoms with Gasteiger partial charge in [0.25, 0.3) is 0 Å². The van der Waals surface area contributed by atoms with Gasteiger partial charge in [-0.3, -0.25) is 0 Å². The Morgan fingerprint density at radius 1 is 1.13 bits per heavy atom. The third kappa shape index (κ3) is 3.54. The Hall–Kier alpha value is -2.25. The molecule has 6 nitrogen and oxygen atoms in total. The van der Waals surface area contributed by atoms with Crippen molar-refractivity contribution in [2.45, 2.75) is 56.9 Å². The molecule has 2 aliphatic rings. The van der Waals surface area contributed by atoms with Crippen molar-refractivity contribution >= 4 is 21.2 Å². The van der Waals surface area contributed by atoms with Crippen LogP contribution in [0.25, 0.3) is 11.2 Å². The van der Waals surface area contributed by atoms with E-state index < -0.39 is 10.0 Å². The molecule has 1 atom stereocenters. The van der Waals surface area contributed by atoms with E-state index in [9.17, 15) is 8.42 Å². The van der Waals surface area contributed by atoms with Crippen LogP contribution in [0.2, 0.25) is 0 Å². The molecule has 2 fully saturated rings. The van der Waals surface area contributed by atoms with Gasteiger partial charge in [0.15, 0.2) is 5.65 Å². The first kappa shape index (κ1) is 19.7. The summed E-state index contributed by atoms with van der Waals surface area (Å²) in [7, 11) is -3.49. The van der Waals surface area contributed by atoms with Crippen LogP contribution in [0.5, 0.6) is 0 Å². The maximum Gasteiger partial charge on any atom is 0.243 e. The van der Waals surface area contributed by atoms with E-state index >= 15 is 0 Å². The number of aromatic nitrogens is 3. The van der Waals surface area contributed by atoms with E-state index in [1.807, 2.05) is 44.3 Å². The molecule has 7 heteroatoms. The van der Waals surface area contributed by atoms with E-state index in [4.69, 9.17) is 4.98 Å². The van der Waals surface area contributed by atoms with Crippen LogP contribution in [0.15, 0.2) is 41.4 Å². The quantitative estimate of drug-likeness (QED) is 0.620. The highest BCUT2D eigenvalue weighted by Gasteiger charge is 2.34. The minimum atomic E-state index is -3.49. The number of nitrogens with zero attached hydrogens (tertiary/aromatic N) is 4. The first-order valence-electron chi connectivity index (χ1n) is 10.8. The van der Waals surface area contributed by atoms with Gasteiger partial charge < -0.3 is 4.57 Å². The highest BCUT2D eigenvalue weighted by molar-refractivity contribution is 7.89. The van der Waals surface area contributed by atoms with Crippen molar-refractivity contribution in [3.8, 4) is 0 Å². The van der Waals surface area contributed by atoms with Crippen LogP contribution in [-0.4, -0.2) is 40.3 Å². The Morgan fingerprint density at radius 3 is 2.77 bits per heavy atom. The number of imidazole rings is 1. The minimum Gasteiger partial charge on any atom is -0.312 e. The zero-order valence-corrected chi connectivity index (χ0v) is 18.4. The van der Waals surface area contributed by atoms with Crippen molar-refractivity contribution in [1.82, 2.24) is 18.8 Å². The second-order valence-electron chi connectivity index (χ2n) is 8.84. The molecule has 3 aromatic rings. The average Bonchev–Trinajstić information content (AvgIpc) is 3.53. The van der Waals surface area contributed by atoms with Crippen molar-refractivity contribution in [3.05, 3.63) is 53.5 Å². The third-order valence-corrected chi connectivity index (χ3v) is 8.37. The minimum absolute atomic E-state index is 0.260. The lowest BCUT2D eigenvalue weighted by atomic mass is 9.99. The molecule has 3 heterocycles. The molecule has 1 saturated carbocycles. The fraction of sp³-hybridized carbons (Fsp3) is 0.478. The van der Waals surface area contributed by atoms with Gasteiger partial charge >= 0.3 is 0 Å². The van der Waals surface area contributed by atoms with Gasteiger partial charge in [-0.1, -0.05) is 12.1 Å². The SMILES string of the molecule is Cc1ccc(C)c(S(=O)(=O)N2CCCC(Cn3c(C4CC4)nc4cccnc43)C2)c1. The molecule has 0 amide bonds. The Kier molecular flexibility index (Phi) is 4.90. The van der Waals surface area contributed by atoms with Crippen molar-refractivity contribution in [3.63, 3.8) is 0 Å². The fourth-order valence-electron chi connectivity index (χ4n) is 4.59. The molecule has 5 rings (SSSR count). The lowest BCUT2D eigenvalue weighted by molar-refractivity contribution is 0.245. The van der Waals surface area contributed by atoms with Crippen LogP contribution in [0, 0.1) is 19.8 Å². The average molecular weight is 425 g/mol. The molecule has 30 heavy (non-hydrogen) atoms. The monoisotopic (exact) mass is 424 g/mol. The van der Waals surface area contributed by atoms with Crippen LogP contribution in [0.4, 0.5) is 0 Å². The van der Waals surface area contributed by atoms with Crippen molar-refractivity contribution in [1.29, 1.82) is 0 Å². The second kappa shape index (κ2) is 7.46. The molecule has 0 bridgehead atoms. The Bertz CT molecular complexity index is 1200. The molecular formula is C23H28N4O2S. The topological polar surface area (TPSA) is 68.1 Å². The van der Waals surface area contributed by atoms with E-state index in [0.717, 1.165) is 47.5 Å².